The summed E-state index contributed by atoms with van der Waals surface area (Å²) in [7, 11) is 0. The third-order valence-corrected chi connectivity index (χ3v) is 1.65. The smallest absolute Gasteiger partial charge is 0.203 e. The van der Waals surface area contributed by atoms with Crippen LogP contribution in [0.5, 0.6) is 5.75 Å². The Labute approximate surface area is 89.9 Å². The zero-order valence-electron chi connectivity index (χ0n) is 12.0. The van der Waals surface area contributed by atoms with Crippen molar-refractivity contribution in [2.24, 2.45) is 0 Å². The van der Waals surface area contributed by atoms with E-state index in [0.717, 1.165) is 0 Å². The zero-order chi connectivity index (χ0) is 15.5. The van der Waals surface area contributed by atoms with Gasteiger partial charge in [-0.25, -0.2) is 8.78 Å². The summed E-state index contributed by atoms with van der Waals surface area (Å²) in [5.41, 5.74) is 0. The lowest BCUT2D eigenvalue weighted by molar-refractivity contribution is 0.127. The first kappa shape index (κ1) is 5.69. The molecule has 0 aromatic heterocycles. The van der Waals surface area contributed by atoms with Crippen LogP contribution >= 0.6 is 0 Å². The average molecular weight is 226 g/mol. The Morgan fingerprint density at radius 3 is 2.27 bits per heavy atom. The number of ether oxygens (including phenoxy) is 1. The SMILES string of the molecule is [2H]c1c(F)c(F)c(OC2C([2H])([2H])NC2([2H])[2H])c(F)c1F. The van der Waals surface area contributed by atoms with Gasteiger partial charge < -0.3 is 10.1 Å². The van der Waals surface area contributed by atoms with Crippen LogP contribution in [0.25, 0.3) is 0 Å². The number of rotatable bonds is 2. The first-order valence-corrected chi connectivity index (χ1v) is 3.77. The molecule has 82 valence electrons. The van der Waals surface area contributed by atoms with Crippen LogP contribution in [-0.2, 0) is 0 Å². The molecule has 1 aromatic carbocycles. The molecular weight excluding hydrogens is 214 g/mol. The molecule has 0 saturated carbocycles. The van der Waals surface area contributed by atoms with Crippen molar-refractivity contribution in [2.75, 3.05) is 13.0 Å². The summed E-state index contributed by atoms with van der Waals surface area (Å²) in [6, 6.07) is -1.63. The van der Waals surface area contributed by atoms with Crippen molar-refractivity contribution in [1.29, 1.82) is 0 Å². The van der Waals surface area contributed by atoms with Crippen molar-refractivity contribution >= 4 is 0 Å². The minimum Gasteiger partial charge on any atom is -0.482 e. The van der Waals surface area contributed by atoms with Crippen LogP contribution in [0.15, 0.2) is 6.04 Å². The van der Waals surface area contributed by atoms with E-state index in [4.69, 9.17) is 6.85 Å². The van der Waals surface area contributed by atoms with Gasteiger partial charge in [-0.05, 0) is 0 Å². The Morgan fingerprint density at radius 1 is 1.27 bits per heavy atom. The molecule has 0 unspecified atom stereocenters. The van der Waals surface area contributed by atoms with Gasteiger partial charge in [-0.3, -0.25) is 0 Å². The maximum Gasteiger partial charge on any atom is 0.203 e. The van der Waals surface area contributed by atoms with Crippen LogP contribution in [0.1, 0.15) is 6.85 Å². The van der Waals surface area contributed by atoms with E-state index in [1.54, 1.807) is 5.32 Å². The maximum absolute atomic E-state index is 13.4. The molecule has 0 radical (unpaired) electrons. The van der Waals surface area contributed by atoms with Gasteiger partial charge in [0.05, 0.1) is 1.37 Å². The summed E-state index contributed by atoms with van der Waals surface area (Å²) in [4.78, 5) is 0. The largest absolute Gasteiger partial charge is 0.482 e. The molecule has 0 atom stereocenters. The topological polar surface area (TPSA) is 21.3 Å². The monoisotopic (exact) mass is 226 g/mol. The highest BCUT2D eigenvalue weighted by molar-refractivity contribution is 5.29. The summed E-state index contributed by atoms with van der Waals surface area (Å²) in [6.45, 7) is -4.95. The minimum absolute atomic E-state index is 1.60. The van der Waals surface area contributed by atoms with Gasteiger partial charge in [-0.1, -0.05) is 0 Å². The summed E-state index contributed by atoms with van der Waals surface area (Å²) in [5, 5.41) is 1.78. The van der Waals surface area contributed by atoms with Crippen molar-refractivity contribution in [3.63, 3.8) is 0 Å². The van der Waals surface area contributed by atoms with Crippen molar-refractivity contribution in [1.82, 2.24) is 5.32 Å². The fourth-order valence-corrected chi connectivity index (χ4v) is 0.913. The van der Waals surface area contributed by atoms with E-state index in [-0.39, 0.29) is 0 Å². The van der Waals surface area contributed by atoms with Gasteiger partial charge in [-0.2, -0.15) is 8.78 Å². The standard InChI is InChI=1S/C9H7F4NO/c10-5-1-6(11)8(13)9(7(5)12)15-4-2-14-3-4/h1,4,14H,2-3H2/i1D,2D2,3D2. The first-order valence-electron chi connectivity index (χ1n) is 6.27. The van der Waals surface area contributed by atoms with E-state index in [1.165, 1.54) is 0 Å². The quantitative estimate of drug-likeness (QED) is 0.610. The predicted molar refractivity (Wildman–Crippen MR) is 43.6 cm³/mol. The third kappa shape index (κ3) is 1.77. The molecular formula is C9H7F4NO. The lowest BCUT2D eigenvalue weighted by Crippen LogP contribution is -2.50. The summed E-state index contributed by atoms with van der Waals surface area (Å²) >= 11 is 0. The van der Waals surface area contributed by atoms with Crippen molar-refractivity contribution in [2.45, 2.75) is 6.10 Å². The third-order valence-electron chi connectivity index (χ3n) is 1.65. The zero-order valence-corrected chi connectivity index (χ0v) is 7.00. The Bertz CT molecular complexity index is 539. The molecule has 2 rings (SSSR count). The summed E-state index contributed by atoms with van der Waals surface area (Å²) in [6.07, 6.45) is -2.02. The van der Waals surface area contributed by atoms with Gasteiger partial charge >= 0.3 is 0 Å². The van der Waals surface area contributed by atoms with Gasteiger partial charge in [0.1, 0.15) is 6.10 Å². The van der Waals surface area contributed by atoms with Crippen molar-refractivity contribution in [3.8, 4) is 5.75 Å². The molecule has 15 heavy (non-hydrogen) atoms. The Kier molecular flexibility index (Phi) is 1.40. The molecule has 0 amide bonds. The highest BCUT2D eigenvalue weighted by Gasteiger charge is 2.26. The van der Waals surface area contributed by atoms with Crippen LogP contribution < -0.4 is 10.1 Å². The fraction of sp³-hybridized carbons (Fsp3) is 0.333. The summed E-state index contributed by atoms with van der Waals surface area (Å²) in [5.74, 6) is -9.66. The first-order chi connectivity index (χ1) is 8.99. The molecule has 1 heterocycles. The fourth-order valence-electron chi connectivity index (χ4n) is 0.913. The molecule has 1 N–H and O–H groups in total. The maximum atomic E-state index is 13.4. The number of hydrogen-bond acceptors (Lipinski definition) is 2. The van der Waals surface area contributed by atoms with Crippen LogP contribution in [0, 0.1) is 23.3 Å². The van der Waals surface area contributed by atoms with Gasteiger partial charge in [0.15, 0.2) is 17.4 Å². The van der Waals surface area contributed by atoms with Crippen molar-refractivity contribution in [3.05, 3.63) is 29.3 Å². The van der Waals surface area contributed by atoms with Crippen LogP contribution in [-0.4, -0.2) is 19.1 Å². The molecule has 1 saturated heterocycles. The molecule has 1 aliphatic heterocycles. The van der Waals surface area contributed by atoms with E-state index in [0.29, 0.717) is 0 Å². The number of halogens is 4. The number of benzene rings is 1. The lowest BCUT2D eigenvalue weighted by Gasteiger charge is -2.28. The molecule has 0 aliphatic carbocycles. The van der Waals surface area contributed by atoms with Crippen molar-refractivity contribution < 1.29 is 29.2 Å². The molecule has 1 aliphatic rings. The van der Waals surface area contributed by atoms with E-state index in [2.05, 4.69) is 4.74 Å². The number of hydrogen-bond donors (Lipinski definition) is 1. The molecule has 0 spiro atoms. The Hall–Kier alpha value is -1.30. The normalized spacial score (nSPS) is 27.9. The second-order valence-corrected chi connectivity index (χ2v) is 2.62. The molecule has 0 bridgehead atoms. The minimum atomic E-state index is -2.48. The van der Waals surface area contributed by atoms with E-state index >= 15 is 0 Å². The van der Waals surface area contributed by atoms with E-state index in [1.807, 2.05) is 0 Å². The van der Waals surface area contributed by atoms with Gasteiger partial charge in [0.2, 0.25) is 11.6 Å². The van der Waals surface area contributed by atoms with Crippen LogP contribution in [0.2, 0.25) is 0 Å². The van der Waals surface area contributed by atoms with Gasteiger partial charge in [0.25, 0.3) is 0 Å². The van der Waals surface area contributed by atoms with E-state index < -0.39 is 54.2 Å². The Morgan fingerprint density at radius 2 is 1.80 bits per heavy atom. The average Bonchev–Trinajstić information content (AvgIpc) is 2.32. The summed E-state index contributed by atoms with van der Waals surface area (Å²) < 4.78 is 93.3. The Balaban J connectivity index is 2.45. The van der Waals surface area contributed by atoms with E-state index in [9.17, 15) is 17.6 Å². The predicted octanol–water partition coefficient (Wildman–Crippen LogP) is 1.59. The van der Waals surface area contributed by atoms with Crippen LogP contribution in [0.4, 0.5) is 17.6 Å². The highest BCUT2D eigenvalue weighted by atomic mass is 19.2. The highest BCUT2D eigenvalue weighted by Crippen LogP contribution is 2.27. The lowest BCUT2D eigenvalue weighted by atomic mass is 10.2. The molecule has 1 aromatic rings. The van der Waals surface area contributed by atoms with Gasteiger partial charge in [-0.15, -0.1) is 0 Å². The molecule has 2 nitrogen and oxygen atoms in total. The van der Waals surface area contributed by atoms with Gasteiger partial charge in [0, 0.05) is 24.5 Å². The molecule has 1 fully saturated rings. The second-order valence-electron chi connectivity index (χ2n) is 2.62. The number of nitrogens with one attached hydrogen (secondary N) is 1. The van der Waals surface area contributed by atoms with Crippen LogP contribution in [0.3, 0.4) is 0 Å². The molecule has 6 heteroatoms. The second kappa shape index (κ2) is 3.69.